The number of pyridine rings is 1. The van der Waals surface area contributed by atoms with Crippen molar-refractivity contribution in [2.45, 2.75) is 89.7 Å². The Kier molecular flexibility index (Phi) is 7.83. The summed E-state index contributed by atoms with van der Waals surface area (Å²) < 4.78 is 48.7. The number of ether oxygens (including phenoxy) is 2. The van der Waals surface area contributed by atoms with E-state index in [0.717, 1.165) is 31.9 Å². The van der Waals surface area contributed by atoms with E-state index in [9.17, 15) is 14.0 Å². The van der Waals surface area contributed by atoms with E-state index >= 15 is 4.39 Å². The second-order valence-electron chi connectivity index (χ2n) is 11.6. The molecule has 7 nitrogen and oxygen atoms in total. The smallest absolute Gasteiger partial charge is 0.343 e. The van der Waals surface area contributed by atoms with Crippen molar-refractivity contribution in [3.8, 4) is 5.75 Å². The highest BCUT2D eigenvalue weighted by Gasteiger charge is 2.40. The van der Waals surface area contributed by atoms with Crippen molar-refractivity contribution in [1.82, 2.24) is 9.88 Å². The molecular formula is C27H38F2N2O5Si. The van der Waals surface area contributed by atoms with Crippen LogP contribution in [-0.4, -0.2) is 50.8 Å². The van der Waals surface area contributed by atoms with Crippen LogP contribution in [0.4, 0.5) is 8.78 Å². The van der Waals surface area contributed by atoms with E-state index in [0.29, 0.717) is 6.42 Å². The molecule has 2 aromatic rings. The van der Waals surface area contributed by atoms with Crippen molar-refractivity contribution in [3.63, 3.8) is 0 Å². The minimum atomic E-state index is -1.89. The molecule has 37 heavy (non-hydrogen) atoms. The lowest BCUT2D eigenvalue weighted by atomic mass is 10.1. The van der Waals surface area contributed by atoms with E-state index < -0.39 is 31.3 Å². The van der Waals surface area contributed by atoms with Crippen molar-refractivity contribution in [2.75, 3.05) is 19.8 Å². The number of fused-ring (bicyclic) bond motifs is 1. The van der Waals surface area contributed by atoms with Gasteiger partial charge in [0, 0.05) is 24.8 Å². The summed E-state index contributed by atoms with van der Waals surface area (Å²) in [5.74, 6) is -3.40. The third-order valence-corrected chi connectivity index (χ3v) is 12.3. The Balaban J connectivity index is 1.54. The number of nitrogens with one attached hydrogen (secondary N) is 1. The number of nitrogens with zero attached hydrogens (tertiary/aromatic N) is 1. The number of hydrogen-bond donors (Lipinski definition) is 1. The zero-order valence-electron chi connectivity index (χ0n) is 22.6. The van der Waals surface area contributed by atoms with Crippen LogP contribution in [0.15, 0.2) is 17.1 Å². The van der Waals surface area contributed by atoms with Gasteiger partial charge in [0.25, 0.3) is 0 Å². The molecule has 0 spiro atoms. The summed E-state index contributed by atoms with van der Waals surface area (Å²) in [5, 5.41) is 3.48. The number of aromatic nitrogens is 1. The first-order valence-corrected chi connectivity index (χ1v) is 16.0. The SMILES string of the molecule is CCOC(=O)c1cn(C2CC2)c2c(OCC[C@H]3C[C@@H](O[Si](C)(C)C(C)(C)C)CN3)c(F)c(F)cc2c1=O. The molecule has 1 aromatic heterocycles. The normalized spacial score (nSPS) is 20.4. The van der Waals surface area contributed by atoms with Crippen LogP contribution in [0.5, 0.6) is 5.75 Å². The van der Waals surface area contributed by atoms with Crippen LogP contribution < -0.4 is 15.5 Å². The summed E-state index contributed by atoms with van der Waals surface area (Å²) in [4.78, 5) is 25.5. The zero-order valence-corrected chi connectivity index (χ0v) is 23.6. The van der Waals surface area contributed by atoms with Crippen molar-refractivity contribution < 1.29 is 27.5 Å². The van der Waals surface area contributed by atoms with Crippen molar-refractivity contribution in [3.05, 3.63) is 39.7 Å². The highest BCUT2D eigenvalue weighted by molar-refractivity contribution is 6.74. The topological polar surface area (TPSA) is 78.8 Å². The molecule has 10 heteroatoms. The molecule has 2 fully saturated rings. The first-order chi connectivity index (χ1) is 17.3. The number of carbonyl (C=O) groups excluding carboxylic acids is 1. The van der Waals surface area contributed by atoms with Crippen molar-refractivity contribution >= 4 is 25.2 Å². The number of rotatable bonds is 9. The summed E-state index contributed by atoms with van der Waals surface area (Å²) in [5.41, 5.74) is -0.712. The van der Waals surface area contributed by atoms with E-state index in [1.807, 2.05) is 0 Å². The fraction of sp³-hybridized carbons (Fsp3) is 0.630. The van der Waals surface area contributed by atoms with Gasteiger partial charge in [0.1, 0.15) is 5.56 Å². The van der Waals surface area contributed by atoms with E-state index in [-0.39, 0.29) is 58.7 Å². The van der Waals surface area contributed by atoms with Crippen LogP contribution in [-0.2, 0) is 9.16 Å². The van der Waals surface area contributed by atoms with E-state index in [4.69, 9.17) is 13.9 Å². The summed E-state index contributed by atoms with van der Waals surface area (Å²) in [6.07, 6.45) is 4.51. The Bertz CT molecular complexity index is 1240. The first kappa shape index (κ1) is 27.7. The number of carbonyl (C=O) groups is 1. The molecule has 1 saturated carbocycles. The van der Waals surface area contributed by atoms with Crippen LogP contribution >= 0.6 is 0 Å². The lowest BCUT2D eigenvalue weighted by Crippen LogP contribution is -2.44. The average molecular weight is 537 g/mol. The standard InChI is InChI=1S/C27H38F2N2O5Si/c1-7-34-26(33)20-15-31(17-8-9-17)23-19(24(20)32)13-21(28)22(29)25(23)35-11-10-16-12-18(14-30-16)36-37(5,6)27(2,3)4/h13,15-18,30H,7-12,14H2,1-6H3/t16-,18+/m0/s1. The highest BCUT2D eigenvalue weighted by Crippen LogP contribution is 2.41. The number of halogens is 2. The maximum Gasteiger partial charge on any atom is 0.343 e. The second kappa shape index (κ2) is 10.5. The van der Waals surface area contributed by atoms with Gasteiger partial charge in [-0.3, -0.25) is 4.79 Å². The van der Waals surface area contributed by atoms with E-state index in [1.165, 1.54) is 6.20 Å². The van der Waals surface area contributed by atoms with Gasteiger partial charge in [-0.2, -0.15) is 4.39 Å². The lowest BCUT2D eigenvalue weighted by Gasteiger charge is -2.38. The van der Waals surface area contributed by atoms with Crippen LogP contribution in [0, 0.1) is 11.6 Å². The second-order valence-corrected chi connectivity index (χ2v) is 16.4. The first-order valence-electron chi connectivity index (χ1n) is 13.1. The minimum absolute atomic E-state index is 0.0202. The highest BCUT2D eigenvalue weighted by atomic mass is 28.4. The molecule has 2 heterocycles. The molecule has 1 aromatic carbocycles. The van der Waals surface area contributed by atoms with Gasteiger partial charge in [0.2, 0.25) is 11.2 Å². The Morgan fingerprint density at radius 1 is 1.24 bits per heavy atom. The van der Waals surface area contributed by atoms with Crippen molar-refractivity contribution in [2.24, 2.45) is 0 Å². The van der Waals surface area contributed by atoms with Crippen LogP contribution in [0.25, 0.3) is 10.9 Å². The van der Waals surface area contributed by atoms with Gasteiger partial charge in [-0.05, 0) is 56.8 Å². The number of benzene rings is 1. The molecule has 1 saturated heterocycles. The van der Waals surface area contributed by atoms with Crippen LogP contribution in [0.3, 0.4) is 0 Å². The lowest BCUT2D eigenvalue weighted by molar-refractivity contribution is 0.0524. The predicted molar refractivity (Wildman–Crippen MR) is 141 cm³/mol. The largest absolute Gasteiger partial charge is 0.488 e. The fourth-order valence-corrected chi connectivity index (χ4v) is 5.91. The average Bonchev–Trinajstić information content (AvgIpc) is 3.56. The fourth-order valence-electron chi connectivity index (χ4n) is 4.55. The molecule has 2 aliphatic rings. The van der Waals surface area contributed by atoms with Gasteiger partial charge in [-0.15, -0.1) is 0 Å². The van der Waals surface area contributed by atoms with Gasteiger partial charge in [0.15, 0.2) is 19.9 Å². The van der Waals surface area contributed by atoms with Crippen LogP contribution in [0.1, 0.15) is 69.8 Å². The van der Waals surface area contributed by atoms with Crippen LogP contribution in [0.2, 0.25) is 18.1 Å². The molecule has 0 amide bonds. The van der Waals surface area contributed by atoms with Gasteiger partial charge in [0.05, 0.1) is 30.2 Å². The van der Waals surface area contributed by atoms with Gasteiger partial charge < -0.3 is 23.8 Å². The maximum absolute atomic E-state index is 15.0. The molecule has 0 unspecified atom stereocenters. The molecule has 1 N–H and O–H groups in total. The third-order valence-electron chi connectivity index (χ3n) is 7.76. The molecule has 2 atom stereocenters. The third kappa shape index (κ3) is 5.76. The summed E-state index contributed by atoms with van der Waals surface area (Å²) in [6.45, 7) is 13.7. The van der Waals surface area contributed by atoms with Crippen molar-refractivity contribution in [1.29, 1.82) is 0 Å². The monoisotopic (exact) mass is 536 g/mol. The van der Waals surface area contributed by atoms with E-state index in [2.05, 4.69) is 39.2 Å². The quantitative estimate of drug-likeness (QED) is 0.346. The maximum atomic E-state index is 15.0. The summed E-state index contributed by atoms with van der Waals surface area (Å²) >= 11 is 0. The Hall–Kier alpha value is -2.30. The van der Waals surface area contributed by atoms with Gasteiger partial charge in [-0.1, -0.05) is 20.8 Å². The molecular weight excluding hydrogens is 498 g/mol. The molecule has 0 radical (unpaired) electrons. The Morgan fingerprint density at radius 2 is 1.95 bits per heavy atom. The number of hydrogen-bond acceptors (Lipinski definition) is 6. The Morgan fingerprint density at radius 3 is 2.57 bits per heavy atom. The molecule has 204 valence electrons. The van der Waals surface area contributed by atoms with Gasteiger partial charge in [-0.25, -0.2) is 9.18 Å². The zero-order chi connectivity index (χ0) is 27.1. The Labute approximate surface area is 217 Å². The van der Waals surface area contributed by atoms with Gasteiger partial charge >= 0.3 is 5.97 Å². The predicted octanol–water partition coefficient (Wildman–Crippen LogP) is 5.31. The summed E-state index contributed by atoms with van der Waals surface area (Å²) in [7, 11) is -1.89. The molecule has 1 aliphatic carbocycles. The molecule has 0 bridgehead atoms. The minimum Gasteiger partial charge on any atom is -0.488 e. The number of esters is 1. The molecule has 4 rings (SSSR count). The summed E-state index contributed by atoms with van der Waals surface area (Å²) in [6, 6.07) is 0.954. The van der Waals surface area contributed by atoms with E-state index in [1.54, 1.807) is 11.5 Å². The molecule has 1 aliphatic heterocycles.